The highest BCUT2D eigenvalue weighted by Crippen LogP contribution is 2.28. The summed E-state index contributed by atoms with van der Waals surface area (Å²) in [5.74, 6) is 1.42. The van der Waals surface area contributed by atoms with Crippen molar-refractivity contribution in [1.29, 1.82) is 0 Å². The first-order chi connectivity index (χ1) is 11.0. The Balaban J connectivity index is 2.21. The highest BCUT2D eigenvalue weighted by Gasteiger charge is 2.10. The third kappa shape index (κ3) is 4.56. The maximum atomic E-state index is 12.0. The molecule has 2 N–H and O–H groups in total. The van der Waals surface area contributed by atoms with E-state index in [1.807, 2.05) is 13.0 Å². The van der Waals surface area contributed by atoms with E-state index in [1.54, 1.807) is 32.2 Å². The average molecular weight is 335 g/mol. The van der Waals surface area contributed by atoms with Gasteiger partial charge in [0.15, 0.2) is 0 Å². The molecule has 0 bridgehead atoms. The Labute approximate surface area is 140 Å². The quantitative estimate of drug-likeness (QED) is 0.847. The number of halogens is 1. The zero-order valence-corrected chi connectivity index (χ0v) is 14.1. The van der Waals surface area contributed by atoms with E-state index in [0.717, 1.165) is 12.1 Å². The number of amides is 1. The van der Waals surface area contributed by atoms with E-state index in [1.165, 1.54) is 0 Å². The molecule has 0 saturated heterocycles. The minimum absolute atomic E-state index is 0.215. The molecular weight excluding hydrogens is 316 g/mol. The fraction of sp³-hybridized carbons (Fsp3) is 0.312. The van der Waals surface area contributed by atoms with E-state index in [9.17, 15) is 4.79 Å². The van der Waals surface area contributed by atoms with E-state index in [0.29, 0.717) is 34.7 Å². The second-order valence-corrected chi connectivity index (χ2v) is 5.32. The van der Waals surface area contributed by atoms with Crippen LogP contribution < -0.4 is 15.4 Å². The number of rotatable bonds is 6. The summed E-state index contributed by atoms with van der Waals surface area (Å²) >= 11 is 6.10. The molecule has 6 nitrogen and oxygen atoms in total. The fourth-order valence-electron chi connectivity index (χ4n) is 1.97. The summed E-state index contributed by atoms with van der Waals surface area (Å²) in [4.78, 5) is 20.5. The third-order valence-electron chi connectivity index (χ3n) is 3.03. The first-order valence-electron chi connectivity index (χ1n) is 7.28. The van der Waals surface area contributed by atoms with Crippen molar-refractivity contribution in [1.82, 2.24) is 15.3 Å². The van der Waals surface area contributed by atoms with Crippen LogP contribution in [-0.2, 0) is 0 Å². The molecule has 0 spiro atoms. The largest absolute Gasteiger partial charge is 0.495 e. The molecule has 23 heavy (non-hydrogen) atoms. The van der Waals surface area contributed by atoms with Crippen LogP contribution in [-0.4, -0.2) is 29.5 Å². The van der Waals surface area contributed by atoms with Crippen LogP contribution in [0, 0.1) is 6.92 Å². The normalized spacial score (nSPS) is 10.3. The van der Waals surface area contributed by atoms with Crippen LogP contribution in [0.3, 0.4) is 0 Å². The van der Waals surface area contributed by atoms with Crippen LogP contribution in [0.4, 0.5) is 11.5 Å². The van der Waals surface area contributed by atoms with Gasteiger partial charge in [0.25, 0.3) is 5.91 Å². The molecule has 122 valence electrons. The molecule has 0 radical (unpaired) electrons. The number of hydrogen-bond acceptors (Lipinski definition) is 5. The number of hydrogen-bond donors (Lipinski definition) is 2. The summed E-state index contributed by atoms with van der Waals surface area (Å²) in [6.07, 6.45) is 0.866. The van der Waals surface area contributed by atoms with E-state index in [2.05, 4.69) is 20.6 Å². The number of methoxy groups -OCH3 is 1. The Morgan fingerprint density at radius 1 is 1.30 bits per heavy atom. The zero-order valence-electron chi connectivity index (χ0n) is 13.3. The van der Waals surface area contributed by atoms with E-state index in [4.69, 9.17) is 16.3 Å². The maximum absolute atomic E-state index is 12.0. The number of aryl methyl sites for hydroxylation is 1. The zero-order chi connectivity index (χ0) is 16.8. The number of carbonyl (C=O) groups is 1. The Bertz CT molecular complexity index is 706. The summed E-state index contributed by atoms with van der Waals surface area (Å²) in [5.41, 5.74) is 1.07. The van der Waals surface area contributed by atoms with Gasteiger partial charge in [0.05, 0.1) is 12.1 Å². The molecule has 1 aromatic heterocycles. The predicted octanol–water partition coefficient (Wildman–Crippen LogP) is 3.33. The van der Waals surface area contributed by atoms with Crippen LogP contribution in [0.5, 0.6) is 5.75 Å². The average Bonchev–Trinajstić information content (AvgIpc) is 2.52. The Morgan fingerprint density at radius 3 is 2.74 bits per heavy atom. The van der Waals surface area contributed by atoms with Crippen LogP contribution in [0.1, 0.15) is 29.7 Å². The van der Waals surface area contributed by atoms with Crippen LogP contribution >= 0.6 is 11.6 Å². The van der Waals surface area contributed by atoms with Crippen molar-refractivity contribution in [3.05, 3.63) is 40.8 Å². The number of carbonyl (C=O) groups excluding carboxylic acids is 1. The second-order valence-electron chi connectivity index (χ2n) is 4.92. The number of ether oxygens (including phenoxy) is 1. The van der Waals surface area contributed by atoms with Gasteiger partial charge in [0.2, 0.25) is 0 Å². The Morgan fingerprint density at radius 2 is 2.09 bits per heavy atom. The molecule has 0 saturated carbocycles. The molecule has 0 aliphatic heterocycles. The molecule has 7 heteroatoms. The van der Waals surface area contributed by atoms with Gasteiger partial charge in [0, 0.05) is 18.3 Å². The molecule has 0 unspecified atom stereocenters. The fourth-order valence-corrected chi connectivity index (χ4v) is 2.23. The first kappa shape index (κ1) is 17.0. The maximum Gasteiger partial charge on any atom is 0.270 e. The van der Waals surface area contributed by atoms with Crippen molar-refractivity contribution >= 4 is 29.0 Å². The van der Waals surface area contributed by atoms with Gasteiger partial charge < -0.3 is 15.4 Å². The van der Waals surface area contributed by atoms with Crippen molar-refractivity contribution in [3.63, 3.8) is 0 Å². The summed E-state index contributed by atoms with van der Waals surface area (Å²) in [6, 6.07) is 6.91. The van der Waals surface area contributed by atoms with Crippen LogP contribution in [0.15, 0.2) is 24.3 Å². The van der Waals surface area contributed by atoms with Gasteiger partial charge in [-0.1, -0.05) is 18.5 Å². The van der Waals surface area contributed by atoms with Gasteiger partial charge in [-0.25, -0.2) is 9.97 Å². The van der Waals surface area contributed by atoms with Gasteiger partial charge in [-0.3, -0.25) is 4.79 Å². The molecule has 0 fully saturated rings. The van der Waals surface area contributed by atoms with Gasteiger partial charge in [-0.15, -0.1) is 0 Å². The highest BCUT2D eigenvalue weighted by molar-refractivity contribution is 6.32. The number of aromatic nitrogens is 2. The first-order valence-corrected chi connectivity index (χ1v) is 7.65. The standard InChI is InChI=1S/C16H19ClN4O2/c1-4-7-18-16(22)13-9-15(20-10(2)19-13)21-11-5-6-14(23-3)12(17)8-11/h5-6,8-9H,4,7H2,1-3H3,(H,18,22)(H,19,20,21). The minimum atomic E-state index is -0.215. The molecule has 0 atom stereocenters. The van der Waals surface area contributed by atoms with E-state index >= 15 is 0 Å². The number of nitrogens with one attached hydrogen (secondary N) is 2. The predicted molar refractivity (Wildman–Crippen MR) is 90.7 cm³/mol. The molecule has 0 aliphatic rings. The summed E-state index contributed by atoms with van der Waals surface area (Å²) in [5, 5.41) is 6.40. The van der Waals surface area contributed by atoms with Crippen molar-refractivity contribution < 1.29 is 9.53 Å². The smallest absolute Gasteiger partial charge is 0.270 e. The lowest BCUT2D eigenvalue weighted by atomic mass is 10.3. The number of anilines is 2. The molecule has 2 rings (SSSR count). The topological polar surface area (TPSA) is 76.1 Å². The number of benzene rings is 1. The lowest BCUT2D eigenvalue weighted by molar-refractivity contribution is 0.0948. The Kier molecular flexibility index (Phi) is 5.76. The Hall–Kier alpha value is -2.34. The number of nitrogens with zero attached hydrogens (tertiary/aromatic N) is 2. The lowest BCUT2D eigenvalue weighted by Gasteiger charge is -2.10. The van der Waals surface area contributed by atoms with Crippen molar-refractivity contribution in [2.45, 2.75) is 20.3 Å². The van der Waals surface area contributed by atoms with E-state index < -0.39 is 0 Å². The summed E-state index contributed by atoms with van der Waals surface area (Å²) in [7, 11) is 1.56. The molecule has 1 heterocycles. The lowest BCUT2D eigenvalue weighted by Crippen LogP contribution is -2.25. The highest BCUT2D eigenvalue weighted by atomic mass is 35.5. The molecule has 1 aromatic carbocycles. The van der Waals surface area contributed by atoms with Crippen LogP contribution in [0.25, 0.3) is 0 Å². The summed E-state index contributed by atoms with van der Waals surface area (Å²) in [6.45, 7) is 4.34. The molecule has 0 aliphatic carbocycles. The van der Waals surface area contributed by atoms with Crippen molar-refractivity contribution in [2.24, 2.45) is 0 Å². The molecule has 2 aromatic rings. The minimum Gasteiger partial charge on any atom is -0.495 e. The second kappa shape index (κ2) is 7.78. The molecular formula is C16H19ClN4O2. The van der Waals surface area contributed by atoms with Gasteiger partial charge in [0.1, 0.15) is 23.1 Å². The van der Waals surface area contributed by atoms with Gasteiger partial charge >= 0.3 is 0 Å². The summed E-state index contributed by atoms with van der Waals surface area (Å²) < 4.78 is 5.12. The monoisotopic (exact) mass is 334 g/mol. The van der Waals surface area contributed by atoms with Crippen molar-refractivity contribution in [3.8, 4) is 5.75 Å². The van der Waals surface area contributed by atoms with Crippen molar-refractivity contribution in [2.75, 3.05) is 19.0 Å². The van der Waals surface area contributed by atoms with Crippen LogP contribution in [0.2, 0.25) is 5.02 Å². The third-order valence-corrected chi connectivity index (χ3v) is 3.33. The van der Waals surface area contributed by atoms with E-state index in [-0.39, 0.29) is 5.91 Å². The molecule has 1 amide bonds. The SMILES string of the molecule is CCCNC(=O)c1cc(Nc2ccc(OC)c(Cl)c2)nc(C)n1. The van der Waals surface area contributed by atoms with Gasteiger partial charge in [-0.05, 0) is 31.5 Å². The van der Waals surface area contributed by atoms with Gasteiger partial charge in [-0.2, -0.15) is 0 Å².